The van der Waals surface area contributed by atoms with Crippen molar-refractivity contribution in [3.8, 4) is 0 Å². The Kier molecular flexibility index (Phi) is 4.78. The van der Waals surface area contributed by atoms with Crippen LogP contribution in [-0.2, 0) is 0 Å². The number of benzene rings is 2. The Bertz CT molecular complexity index is 869. The lowest BCUT2D eigenvalue weighted by Gasteiger charge is -2.11. The number of anilines is 4. The van der Waals surface area contributed by atoms with E-state index >= 15 is 0 Å². The van der Waals surface area contributed by atoms with E-state index in [1.54, 1.807) is 18.2 Å². The van der Waals surface area contributed by atoms with Crippen molar-refractivity contribution >= 4 is 46.3 Å². The van der Waals surface area contributed by atoms with Crippen LogP contribution in [-0.4, -0.2) is 9.97 Å². The van der Waals surface area contributed by atoms with Crippen molar-refractivity contribution in [2.45, 2.75) is 0 Å². The highest BCUT2D eigenvalue weighted by molar-refractivity contribution is 6.43. The van der Waals surface area contributed by atoms with Crippen molar-refractivity contribution in [3.05, 3.63) is 70.3 Å². The van der Waals surface area contributed by atoms with E-state index in [9.17, 15) is 8.78 Å². The molecule has 0 saturated carbocycles. The molecule has 2 aromatic carbocycles. The number of hydrogen-bond donors (Lipinski definition) is 2. The second kappa shape index (κ2) is 6.98. The summed E-state index contributed by atoms with van der Waals surface area (Å²) in [5.74, 6) is -1.03. The van der Waals surface area contributed by atoms with Gasteiger partial charge in [-0.1, -0.05) is 35.3 Å². The molecule has 2 N–H and O–H groups in total. The third-order valence-electron chi connectivity index (χ3n) is 3.07. The standard InChI is InChI=1S/C16H10Cl2F2N4/c17-9-3-1-6-12(14(9)18)22-16-21-8-7-13(24-16)23-15-10(19)4-2-5-11(15)20/h1-8H,(H2,21,22,23,24). The first kappa shape index (κ1) is 16.4. The van der Waals surface area contributed by atoms with Gasteiger partial charge in [-0.15, -0.1) is 0 Å². The largest absolute Gasteiger partial charge is 0.335 e. The molecule has 0 atom stereocenters. The van der Waals surface area contributed by atoms with E-state index < -0.39 is 11.6 Å². The van der Waals surface area contributed by atoms with Crippen molar-refractivity contribution < 1.29 is 8.78 Å². The van der Waals surface area contributed by atoms with Crippen LogP contribution in [0.15, 0.2) is 48.7 Å². The number of rotatable bonds is 4. The summed E-state index contributed by atoms with van der Waals surface area (Å²) in [6.07, 6.45) is 1.44. The van der Waals surface area contributed by atoms with Crippen molar-refractivity contribution in [2.75, 3.05) is 10.6 Å². The highest BCUT2D eigenvalue weighted by atomic mass is 35.5. The van der Waals surface area contributed by atoms with Gasteiger partial charge >= 0.3 is 0 Å². The molecule has 0 bridgehead atoms. The van der Waals surface area contributed by atoms with Gasteiger partial charge in [-0.25, -0.2) is 13.8 Å². The maximum Gasteiger partial charge on any atom is 0.229 e. The number of halogens is 4. The summed E-state index contributed by atoms with van der Waals surface area (Å²) in [5.41, 5.74) is 0.223. The lowest BCUT2D eigenvalue weighted by atomic mass is 10.3. The molecule has 3 aromatic rings. The molecule has 1 heterocycles. The second-order valence-corrected chi connectivity index (χ2v) is 5.50. The molecule has 8 heteroatoms. The minimum Gasteiger partial charge on any atom is -0.335 e. The Morgan fingerprint density at radius 1 is 0.875 bits per heavy atom. The van der Waals surface area contributed by atoms with E-state index in [1.165, 1.54) is 18.3 Å². The van der Waals surface area contributed by atoms with Crippen LogP contribution < -0.4 is 10.6 Å². The van der Waals surface area contributed by atoms with Gasteiger partial charge in [0.1, 0.15) is 23.1 Å². The number of nitrogens with one attached hydrogen (secondary N) is 2. The SMILES string of the molecule is Fc1cccc(F)c1Nc1ccnc(Nc2cccc(Cl)c2Cl)n1. The van der Waals surface area contributed by atoms with Crippen LogP contribution in [0.2, 0.25) is 10.0 Å². The molecular formula is C16H10Cl2F2N4. The van der Waals surface area contributed by atoms with E-state index in [0.717, 1.165) is 12.1 Å². The zero-order chi connectivity index (χ0) is 17.1. The molecule has 4 nitrogen and oxygen atoms in total. The molecule has 0 aliphatic heterocycles. The first-order valence-electron chi connectivity index (χ1n) is 6.79. The Balaban J connectivity index is 1.86. The summed E-state index contributed by atoms with van der Waals surface area (Å²) in [4.78, 5) is 8.19. The number of aromatic nitrogens is 2. The minimum absolute atomic E-state index is 0.195. The molecule has 24 heavy (non-hydrogen) atoms. The quantitative estimate of drug-likeness (QED) is 0.635. The third kappa shape index (κ3) is 3.55. The van der Waals surface area contributed by atoms with E-state index in [4.69, 9.17) is 23.2 Å². The van der Waals surface area contributed by atoms with Crippen molar-refractivity contribution in [3.63, 3.8) is 0 Å². The lowest BCUT2D eigenvalue weighted by molar-refractivity contribution is 0.590. The fraction of sp³-hybridized carbons (Fsp3) is 0. The van der Waals surface area contributed by atoms with Crippen LogP contribution in [0.4, 0.5) is 31.9 Å². The molecule has 122 valence electrons. The highest BCUT2D eigenvalue weighted by Gasteiger charge is 2.10. The van der Waals surface area contributed by atoms with Gasteiger partial charge in [0.15, 0.2) is 0 Å². The van der Waals surface area contributed by atoms with Crippen LogP contribution in [0.5, 0.6) is 0 Å². The topological polar surface area (TPSA) is 49.8 Å². The number of nitrogens with zero attached hydrogens (tertiary/aromatic N) is 2. The van der Waals surface area contributed by atoms with Gasteiger partial charge in [-0.05, 0) is 30.3 Å². The van der Waals surface area contributed by atoms with Gasteiger partial charge in [0.2, 0.25) is 5.95 Å². The first-order chi connectivity index (χ1) is 11.5. The smallest absolute Gasteiger partial charge is 0.229 e. The zero-order valence-electron chi connectivity index (χ0n) is 12.0. The summed E-state index contributed by atoms with van der Waals surface area (Å²) in [6.45, 7) is 0. The number of para-hydroxylation sites is 1. The fourth-order valence-corrected chi connectivity index (χ4v) is 2.30. The van der Waals surface area contributed by atoms with E-state index in [1.807, 2.05) is 0 Å². The van der Waals surface area contributed by atoms with Gasteiger partial charge in [0, 0.05) is 6.20 Å². The fourth-order valence-electron chi connectivity index (χ4n) is 1.95. The summed E-state index contributed by atoms with van der Waals surface area (Å²) >= 11 is 12.0. The molecule has 0 spiro atoms. The predicted molar refractivity (Wildman–Crippen MR) is 91.4 cm³/mol. The Morgan fingerprint density at radius 2 is 1.58 bits per heavy atom. The zero-order valence-corrected chi connectivity index (χ0v) is 13.5. The second-order valence-electron chi connectivity index (χ2n) is 4.71. The highest BCUT2D eigenvalue weighted by Crippen LogP contribution is 2.31. The summed E-state index contributed by atoms with van der Waals surface area (Å²) in [7, 11) is 0. The van der Waals surface area contributed by atoms with Crippen LogP contribution in [0.25, 0.3) is 0 Å². The van der Waals surface area contributed by atoms with Gasteiger partial charge in [-0.3, -0.25) is 0 Å². The summed E-state index contributed by atoms with van der Waals surface area (Å²) in [5, 5.41) is 6.19. The predicted octanol–water partition coefficient (Wildman–Crippen LogP) is 5.55. The van der Waals surface area contributed by atoms with Gasteiger partial charge in [0.05, 0.1) is 15.7 Å². The molecule has 0 fully saturated rings. The van der Waals surface area contributed by atoms with Crippen molar-refractivity contribution in [1.82, 2.24) is 9.97 Å². The molecule has 0 unspecified atom stereocenters. The van der Waals surface area contributed by atoms with E-state index in [0.29, 0.717) is 15.7 Å². The monoisotopic (exact) mass is 366 g/mol. The molecule has 0 aliphatic carbocycles. The first-order valence-corrected chi connectivity index (χ1v) is 7.55. The molecule has 0 amide bonds. The Morgan fingerprint density at radius 3 is 2.33 bits per heavy atom. The maximum atomic E-state index is 13.7. The van der Waals surface area contributed by atoms with Crippen LogP contribution in [0.1, 0.15) is 0 Å². The third-order valence-corrected chi connectivity index (χ3v) is 3.89. The average molecular weight is 367 g/mol. The number of hydrogen-bond acceptors (Lipinski definition) is 4. The average Bonchev–Trinajstić information content (AvgIpc) is 2.56. The molecule has 0 aliphatic rings. The van der Waals surface area contributed by atoms with Gasteiger partial charge in [-0.2, -0.15) is 4.98 Å². The van der Waals surface area contributed by atoms with Gasteiger partial charge in [0.25, 0.3) is 0 Å². The molecule has 1 aromatic heterocycles. The Hall–Kier alpha value is -2.44. The maximum absolute atomic E-state index is 13.7. The van der Waals surface area contributed by atoms with Crippen LogP contribution in [0, 0.1) is 11.6 Å². The van der Waals surface area contributed by atoms with Crippen molar-refractivity contribution in [2.24, 2.45) is 0 Å². The van der Waals surface area contributed by atoms with Crippen molar-refractivity contribution in [1.29, 1.82) is 0 Å². The molecule has 0 radical (unpaired) electrons. The van der Waals surface area contributed by atoms with Gasteiger partial charge < -0.3 is 10.6 Å². The van der Waals surface area contributed by atoms with Crippen LogP contribution in [0.3, 0.4) is 0 Å². The van der Waals surface area contributed by atoms with Crippen LogP contribution >= 0.6 is 23.2 Å². The summed E-state index contributed by atoms with van der Waals surface area (Å²) < 4.78 is 27.4. The molecule has 3 rings (SSSR count). The normalized spacial score (nSPS) is 10.5. The molecule has 0 saturated heterocycles. The van der Waals surface area contributed by atoms with E-state index in [-0.39, 0.29) is 17.5 Å². The minimum atomic E-state index is -0.721. The Labute approximate surface area is 146 Å². The molecular weight excluding hydrogens is 357 g/mol. The van der Waals surface area contributed by atoms with E-state index in [2.05, 4.69) is 20.6 Å². The lowest BCUT2D eigenvalue weighted by Crippen LogP contribution is -2.03. The summed E-state index contributed by atoms with van der Waals surface area (Å²) in [6, 6.07) is 10.1.